The van der Waals surface area contributed by atoms with Gasteiger partial charge in [0, 0.05) is 22.9 Å². The third kappa shape index (κ3) is 5.94. The summed E-state index contributed by atoms with van der Waals surface area (Å²) in [5.74, 6) is 7.18. The molecule has 2 aliphatic carbocycles. The van der Waals surface area contributed by atoms with E-state index in [1.54, 1.807) is 0 Å². The predicted octanol–water partition coefficient (Wildman–Crippen LogP) is 9.48. The van der Waals surface area contributed by atoms with Crippen molar-refractivity contribution < 1.29 is 0 Å². The van der Waals surface area contributed by atoms with Crippen LogP contribution < -0.4 is 4.90 Å². The molecule has 2 aliphatic rings. The molecule has 4 aromatic rings. The highest BCUT2D eigenvalue weighted by Crippen LogP contribution is 2.36. The zero-order valence-electron chi connectivity index (χ0n) is 22.9. The standard InChI is InChI=1S/C37H38N2/c1-4-18-31(19-5-1)38-36(28-27-30-17-14-16-29-15-10-11-24-34(29)30)35-25-12-13-26-37(35)39(32-20-6-2-7-21-32)33-22-8-3-9-23-33/h2,6-7,10-17,20-21,24-26,31,33H,1,3-5,8-9,18-19,22-23H2. The Bertz CT molecular complexity index is 1470. The van der Waals surface area contributed by atoms with Gasteiger partial charge in [0.25, 0.3) is 0 Å². The van der Waals surface area contributed by atoms with Crippen molar-refractivity contribution in [2.24, 2.45) is 4.99 Å². The molecule has 39 heavy (non-hydrogen) atoms. The van der Waals surface area contributed by atoms with Crippen molar-refractivity contribution in [3.05, 3.63) is 108 Å². The van der Waals surface area contributed by atoms with Crippen molar-refractivity contribution in [2.45, 2.75) is 76.3 Å². The lowest BCUT2D eigenvalue weighted by Gasteiger charge is -2.37. The van der Waals surface area contributed by atoms with Gasteiger partial charge in [-0.05, 0) is 66.6 Å². The van der Waals surface area contributed by atoms with Crippen LogP contribution >= 0.6 is 0 Å². The molecule has 0 amide bonds. The Balaban J connectivity index is 1.48. The molecule has 0 bridgehead atoms. The predicted molar refractivity (Wildman–Crippen MR) is 166 cm³/mol. The van der Waals surface area contributed by atoms with Crippen LogP contribution in [0, 0.1) is 11.8 Å². The van der Waals surface area contributed by atoms with E-state index in [4.69, 9.17) is 4.99 Å². The van der Waals surface area contributed by atoms with Crippen LogP contribution in [-0.2, 0) is 0 Å². The lowest BCUT2D eigenvalue weighted by Crippen LogP contribution is -2.34. The minimum Gasteiger partial charge on any atom is -0.338 e. The summed E-state index contributed by atoms with van der Waals surface area (Å²) >= 11 is 0. The largest absolute Gasteiger partial charge is 0.338 e. The number of para-hydroxylation sites is 2. The van der Waals surface area contributed by atoms with Gasteiger partial charge in [0.15, 0.2) is 0 Å². The number of rotatable bonds is 5. The average Bonchev–Trinajstić information content (AvgIpc) is 3.01. The molecule has 0 unspecified atom stereocenters. The second-order valence-corrected chi connectivity index (χ2v) is 11.1. The Kier molecular flexibility index (Phi) is 8.06. The molecule has 6 rings (SSSR count). The van der Waals surface area contributed by atoms with Crippen LogP contribution in [0.2, 0.25) is 0 Å². The van der Waals surface area contributed by atoms with Crippen LogP contribution in [0.15, 0.2) is 102 Å². The quantitative estimate of drug-likeness (QED) is 0.193. The molecule has 2 saturated carbocycles. The maximum atomic E-state index is 5.40. The van der Waals surface area contributed by atoms with Gasteiger partial charge in [-0.2, -0.15) is 0 Å². The molecule has 0 atom stereocenters. The second-order valence-electron chi connectivity index (χ2n) is 11.1. The lowest BCUT2D eigenvalue weighted by atomic mass is 9.92. The van der Waals surface area contributed by atoms with E-state index in [-0.39, 0.29) is 0 Å². The van der Waals surface area contributed by atoms with E-state index in [1.807, 2.05) is 0 Å². The summed E-state index contributed by atoms with van der Waals surface area (Å²) in [6, 6.07) is 35.6. The average molecular weight is 511 g/mol. The smallest absolute Gasteiger partial charge is 0.117 e. The highest BCUT2D eigenvalue weighted by molar-refractivity contribution is 6.17. The zero-order chi connectivity index (χ0) is 26.3. The van der Waals surface area contributed by atoms with Crippen molar-refractivity contribution in [1.29, 1.82) is 0 Å². The summed E-state index contributed by atoms with van der Waals surface area (Å²) in [5, 5.41) is 2.42. The zero-order valence-corrected chi connectivity index (χ0v) is 22.9. The number of fused-ring (bicyclic) bond motifs is 1. The third-order valence-corrected chi connectivity index (χ3v) is 8.38. The lowest BCUT2D eigenvalue weighted by molar-refractivity contribution is 0.436. The summed E-state index contributed by atoms with van der Waals surface area (Å²) in [5.41, 5.74) is 5.65. The normalized spacial score (nSPS) is 17.0. The van der Waals surface area contributed by atoms with Gasteiger partial charge in [-0.25, -0.2) is 0 Å². The maximum Gasteiger partial charge on any atom is 0.117 e. The van der Waals surface area contributed by atoms with Crippen LogP contribution in [0.1, 0.15) is 75.3 Å². The molecule has 0 spiro atoms. The second kappa shape index (κ2) is 12.4. The molecule has 2 nitrogen and oxygen atoms in total. The molecule has 0 aliphatic heterocycles. The Morgan fingerprint density at radius 3 is 2.13 bits per heavy atom. The van der Waals surface area contributed by atoms with Crippen molar-refractivity contribution in [1.82, 2.24) is 0 Å². The molecule has 0 saturated heterocycles. The van der Waals surface area contributed by atoms with Crippen molar-refractivity contribution in [3.8, 4) is 11.8 Å². The number of hydrogen-bond acceptors (Lipinski definition) is 2. The Hall–Kier alpha value is -3.83. The molecule has 0 heterocycles. The summed E-state index contributed by atoms with van der Waals surface area (Å²) < 4.78 is 0. The van der Waals surface area contributed by atoms with E-state index in [0.29, 0.717) is 12.1 Å². The monoisotopic (exact) mass is 510 g/mol. The Labute approximate surface area is 233 Å². The van der Waals surface area contributed by atoms with Crippen molar-refractivity contribution >= 4 is 27.9 Å². The number of nitrogens with zero attached hydrogens (tertiary/aromatic N) is 2. The molecule has 2 heteroatoms. The first-order chi connectivity index (χ1) is 19.4. The van der Waals surface area contributed by atoms with E-state index in [2.05, 4.69) is 114 Å². The number of benzene rings is 4. The number of hydrogen-bond donors (Lipinski definition) is 0. The molecule has 0 N–H and O–H groups in total. The van der Waals surface area contributed by atoms with E-state index in [1.165, 1.54) is 73.5 Å². The van der Waals surface area contributed by atoms with Gasteiger partial charge in [0.2, 0.25) is 0 Å². The highest BCUT2D eigenvalue weighted by atomic mass is 15.2. The van der Waals surface area contributed by atoms with Crippen LogP contribution in [-0.4, -0.2) is 17.8 Å². The summed E-state index contributed by atoms with van der Waals surface area (Å²) in [7, 11) is 0. The minimum absolute atomic E-state index is 0.350. The van der Waals surface area contributed by atoms with Crippen LogP contribution in [0.3, 0.4) is 0 Å². The van der Waals surface area contributed by atoms with Gasteiger partial charge in [-0.1, -0.05) is 117 Å². The summed E-state index contributed by atoms with van der Waals surface area (Å²) in [4.78, 5) is 7.99. The van der Waals surface area contributed by atoms with E-state index < -0.39 is 0 Å². The van der Waals surface area contributed by atoms with Crippen molar-refractivity contribution in [2.75, 3.05) is 4.90 Å². The van der Waals surface area contributed by atoms with Gasteiger partial charge < -0.3 is 4.90 Å². The number of anilines is 2. The Morgan fingerprint density at radius 2 is 1.31 bits per heavy atom. The summed E-state index contributed by atoms with van der Waals surface area (Å²) in [6.07, 6.45) is 12.5. The van der Waals surface area contributed by atoms with Crippen LogP contribution in [0.25, 0.3) is 10.8 Å². The van der Waals surface area contributed by atoms with E-state index >= 15 is 0 Å². The molecule has 0 aromatic heterocycles. The van der Waals surface area contributed by atoms with Gasteiger partial charge >= 0.3 is 0 Å². The van der Waals surface area contributed by atoms with Crippen LogP contribution in [0.4, 0.5) is 11.4 Å². The Morgan fingerprint density at radius 1 is 0.641 bits per heavy atom. The molecular formula is C37H38N2. The van der Waals surface area contributed by atoms with Gasteiger partial charge in [0.05, 0.1) is 11.7 Å². The molecule has 196 valence electrons. The van der Waals surface area contributed by atoms with E-state index in [9.17, 15) is 0 Å². The molecular weight excluding hydrogens is 472 g/mol. The first kappa shape index (κ1) is 25.4. The van der Waals surface area contributed by atoms with Gasteiger partial charge in [-0.3, -0.25) is 4.99 Å². The first-order valence-corrected chi connectivity index (χ1v) is 14.9. The highest BCUT2D eigenvalue weighted by Gasteiger charge is 2.26. The fraction of sp³-hybridized carbons (Fsp3) is 0.324. The molecule has 4 aromatic carbocycles. The van der Waals surface area contributed by atoms with E-state index in [0.717, 1.165) is 29.7 Å². The maximum absolute atomic E-state index is 5.40. The van der Waals surface area contributed by atoms with Crippen LogP contribution in [0.5, 0.6) is 0 Å². The topological polar surface area (TPSA) is 15.6 Å². The van der Waals surface area contributed by atoms with Gasteiger partial charge in [-0.15, -0.1) is 0 Å². The SMILES string of the molecule is C(#Cc1cccc2ccccc12)C(=NC1CCCCC1)c1ccccc1N(c1ccccc1)C1CCCCC1. The first-order valence-electron chi connectivity index (χ1n) is 14.9. The fourth-order valence-electron chi connectivity index (χ4n) is 6.38. The fourth-order valence-corrected chi connectivity index (χ4v) is 6.38. The van der Waals surface area contributed by atoms with Crippen molar-refractivity contribution in [3.63, 3.8) is 0 Å². The molecule has 2 fully saturated rings. The minimum atomic E-state index is 0.350. The molecule has 0 radical (unpaired) electrons. The summed E-state index contributed by atoms with van der Waals surface area (Å²) in [6.45, 7) is 0. The number of aliphatic imine (C=N–C) groups is 1. The van der Waals surface area contributed by atoms with Gasteiger partial charge in [0.1, 0.15) is 5.71 Å². The third-order valence-electron chi connectivity index (χ3n) is 8.38.